The van der Waals surface area contributed by atoms with Gasteiger partial charge in [0.05, 0.1) is 25.3 Å². The predicted molar refractivity (Wildman–Crippen MR) is 106 cm³/mol. The maximum absolute atomic E-state index is 12.9. The van der Waals surface area contributed by atoms with Gasteiger partial charge in [-0.05, 0) is 29.8 Å². The van der Waals surface area contributed by atoms with E-state index in [1.165, 1.54) is 18.2 Å². The molecule has 0 spiro atoms. The van der Waals surface area contributed by atoms with E-state index in [0.29, 0.717) is 59.0 Å². The molecule has 0 aromatic heterocycles. The molecule has 0 atom stereocenters. The number of amides is 2. The minimum Gasteiger partial charge on any atom is -0.378 e. The summed E-state index contributed by atoms with van der Waals surface area (Å²) >= 11 is 5.95. The molecule has 2 fully saturated rings. The molecule has 0 aliphatic carbocycles. The fourth-order valence-electron chi connectivity index (χ4n) is 3.34. The van der Waals surface area contributed by atoms with Crippen LogP contribution in [0.1, 0.15) is 11.1 Å². The number of ether oxygens (including phenoxy) is 1. The van der Waals surface area contributed by atoms with Gasteiger partial charge in [0.25, 0.3) is 0 Å². The zero-order valence-electron chi connectivity index (χ0n) is 16.3. The van der Waals surface area contributed by atoms with E-state index in [2.05, 4.69) is 0 Å². The SMILES string of the molecule is O=C(/C=C/c1cc(C(F)(F)F)ccc1Cl)N1CCN(CC(=O)N2CCOCC2)CC1. The van der Waals surface area contributed by atoms with E-state index in [4.69, 9.17) is 16.3 Å². The van der Waals surface area contributed by atoms with Gasteiger partial charge in [0, 0.05) is 50.4 Å². The van der Waals surface area contributed by atoms with E-state index in [1.54, 1.807) is 9.80 Å². The van der Waals surface area contributed by atoms with Crippen molar-refractivity contribution in [2.75, 3.05) is 59.0 Å². The van der Waals surface area contributed by atoms with Gasteiger partial charge in [0.1, 0.15) is 0 Å². The predicted octanol–water partition coefficient (Wildman–Crippen LogP) is 2.38. The van der Waals surface area contributed by atoms with E-state index in [0.717, 1.165) is 12.1 Å². The molecule has 2 aliphatic heterocycles. The molecule has 0 N–H and O–H groups in total. The zero-order valence-corrected chi connectivity index (χ0v) is 17.1. The molecule has 30 heavy (non-hydrogen) atoms. The van der Waals surface area contributed by atoms with Crippen molar-refractivity contribution in [3.8, 4) is 0 Å². The van der Waals surface area contributed by atoms with Crippen molar-refractivity contribution in [2.45, 2.75) is 6.18 Å². The molecule has 10 heteroatoms. The molecule has 2 heterocycles. The maximum Gasteiger partial charge on any atom is 0.416 e. The second-order valence-corrected chi connectivity index (χ2v) is 7.57. The highest BCUT2D eigenvalue weighted by molar-refractivity contribution is 6.32. The van der Waals surface area contributed by atoms with E-state index in [9.17, 15) is 22.8 Å². The Kier molecular flexibility index (Phi) is 7.38. The molecule has 0 unspecified atom stereocenters. The number of hydrogen-bond donors (Lipinski definition) is 0. The number of alkyl halides is 3. The highest BCUT2D eigenvalue weighted by Gasteiger charge is 2.30. The number of carbonyl (C=O) groups is 2. The third-order valence-corrected chi connectivity index (χ3v) is 5.48. The highest BCUT2D eigenvalue weighted by atomic mass is 35.5. The average molecular weight is 446 g/mol. The number of hydrogen-bond acceptors (Lipinski definition) is 4. The number of carbonyl (C=O) groups excluding carboxylic acids is 2. The van der Waals surface area contributed by atoms with E-state index in [1.807, 2.05) is 4.90 Å². The number of benzene rings is 1. The first kappa shape index (κ1) is 22.6. The van der Waals surface area contributed by atoms with Crippen LogP contribution in [0.15, 0.2) is 24.3 Å². The van der Waals surface area contributed by atoms with Crippen molar-refractivity contribution >= 4 is 29.5 Å². The highest BCUT2D eigenvalue weighted by Crippen LogP contribution is 2.32. The Morgan fingerprint density at radius 1 is 1.03 bits per heavy atom. The van der Waals surface area contributed by atoms with Crippen LogP contribution in [0.4, 0.5) is 13.2 Å². The molecule has 2 saturated heterocycles. The molecule has 0 radical (unpaired) electrons. The molecule has 0 saturated carbocycles. The molecule has 1 aromatic carbocycles. The summed E-state index contributed by atoms with van der Waals surface area (Å²) in [7, 11) is 0. The van der Waals surface area contributed by atoms with Gasteiger partial charge in [-0.3, -0.25) is 14.5 Å². The second kappa shape index (κ2) is 9.80. The summed E-state index contributed by atoms with van der Waals surface area (Å²) < 4.78 is 43.8. The quantitative estimate of drug-likeness (QED) is 0.668. The van der Waals surface area contributed by atoms with Crippen LogP contribution in [-0.4, -0.2) is 85.5 Å². The molecule has 0 bridgehead atoms. The standard InChI is InChI=1S/C20H23ClF3N3O3/c21-17-3-2-16(20(22,23)24)13-15(17)1-4-18(28)26-7-5-25(6-8-26)14-19(29)27-9-11-30-12-10-27/h1-4,13H,5-12,14H2/b4-1+. The Balaban J connectivity index is 1.51. The van der Waals surface area contributed by atoms with E-state index >= 15 is 0 Å². The van der Waals surface area contributed by atoms with Crippen LogP contribution >= 0.6 is 11.6 Å². The van der Waals surface area contributed by atoms with E-state index in [-0.39, 0.29) is 22.4 Å². The van der Waals surface area contributed by atoms with Gasteiger partial charge in [0.2, 0.25) is 11.8 Å². The van der Waals surface area contributed by atoms with Gasteiger partial charge in [-0.1, -0.05) is 11.6 Å². The van der Waals surface area contributed by atoms with Crippen LogP contribution in [-0.2, 0) is 20.5 Å². The lowest BCUT2D eigenvalue weighted by Crippen LogP contribution is -2.52. The van der Waals surface area contributed by atoms with Crippen LogP contribution in [0.25, 0.3) is 6.08 Å². The lowest BCUT2D eigenvalue weighted by Gasteiger charge is -2.35. The Labute approximate surface area is 177 Å². The van der Waals surface area contributed by atoms with Gasteiger partial charge < -0.3 is 14.5 Å². The number of rotatable bonds is 4. The van der Waals surface area contributed by atoms with E-state index < -0.39 is 11.7 Å². The van der Waals surface area contributed by atoms with Crippen molar-refractivity contribution in [1.29, 1.82) is 0 Å². The molecule has 2 aliphatic rings. The van der Waals surface area contributed by atoms with Crippen LogP contribution in [0.2, 0.25) is 5.02 Å². The van der Waals surface area contributed by atoms with Gasteiger partial charge in [-0.25, -0.2) is 0 Å². The fraction of sp³-hybridized carbons (Fsp3) is 0.500. The first-order valence-corrected chi connectivity index (χ1v) is 10.0. The van der Waals surface area contributed by atoms with Crippen LogP contribution in [0, 0.1) is 0 Å². The summed E-state index contributed by atoms with van der Waals surface area (Å²) in [5.41, 5.74) is -0.688. The van der Waals surface area contributed by atoms with Gasteiger partial charge in [-0.15, -0.1) is 0 Å². The van der Waals surface area contributed by atoms with Crippen molar-refractivity contribution < 1.29 is 27.5 Å². The molecule has 6 nitrogen and oxygen atoms in total. The average Bonchev–Trinajstić information content (AvgIpc) is 2.73. The van der Waals surface area contributed by atoms with Crippen molar-refractivity contribution in [2.24, 2.45) is 0 Å². The summed E-state index contributed by atoms with van der Waals surface area (Å²) in [5.74, 6) is -0.250. The van der Waals surface area contributed by atoms with Crippen LogP contribution in [0.5, 0.6) is 0 Å². The summed E-state index contributed by atoms with van der Waals surface area (Å²) in [6.45, 7) is 4.59. The summed E-state index contributed by atoms with van der Waals surface area (Å²) in [5, 5.41) is 0.137. The smallest absolute Gasteiger partial charge is 0.378 e. The summed E-state index contributed by atoms with van der Waals surface area (Å²) in [4.78, 5) is 30.1. The lowest BCUT2D eigenvalue weighted by atomic mass is 10.1. The Bertz CT molecular complexity index is 802. The molecular weight excluding hydrogens is 423 g/mol. The number of piperazine rings is 1. The Morgan fingerprint density at radius 2 is 1.70 bits per heavy atom. The fourth-order valence-corrected chi connectivity index (χ4v) is 3.53. The maximum atomic E-state index is 12.9. The first-order chi connectivity index (χ1) is 14.2. The topological polar surface area (TPSA) is 53.1 Å². The molecule has 3 rings (SSSR count). The number of halogens is 4. The zero-order chi connectivity index (χ0) is 21.7. The summed E-state index contributed by atoms with van der Waals surface area (Å²) in [6, 6.07) is 2.99. The largest absolute Gasteiger partial charge is 0.416 e. The normalized spacial score (nSPS) is 18.8. The Morgan fingerprint density at radius 3 is 2.33 bits per heavy atom. The van der Waals surface area contributed by atoms with Crippen molar-refractivity contribution in [1.82, 2.24) is 14.7 Å². The first-order valence-electron chi connectivity index (χ1n) is 9.65. The summed E-state index contributed by atoms with van der Waals surface area (Å²) in [6.07, 6.45) is -1.95. The number of morpholine rings is 1. The minimum atomic E-state index is -4.48. The van der Waals surface area contributed by atoms with Gasteiger partial charge >= 0.3 is 6.18 Å². The molecule has 164 valence electrons. The van der Waals surface area contributed by atoms with Crippen molar-refractivity contribution in [3.05, 3.63) is 40.4 Å². The third kappa shape index (κ3) is 5.96. The minimum absolute atomic E-state index is 0.0529. The van der Waals surface area contributed by atoms with Crippen LogP contribution in [0.3, 0.4) is 0 Å². The van der Waals surface area contributed by atoms with Crippen LogP contribution < -0.4 is 0 Å². The second-order valence-electron chi connectivity index (χ2n) is 7.16. The monoisotopic (exact) mass is 445 g/mol. The third-order valence-electron chi connectivity index (χ3n) is 5.14. The van der Waals surface area contributed by atoms with Crippen molar-refractivity contribution in [3.63, 3.8) is 0 Å². The van der Waals surface area contributed by atoms with Gasteiger partial charge in [-0.2, -0.15) is 13.2 Å². The molecular formula is C20H23ClF3N3O3. The molecule has 2 amide bonds. The molecule has 1 aromatic rings. The number of nitrogens with zero attached hydrogens (tertiary/aromatic N) is 3. The lowest BCUT2D eigenvalue weighted by molar-refractivity contribution is -0.138. The van der Waals surface area contributed by atoms with Gasteiger partial charge in [0.15, 0.2) is 0 Å². The Hall–Kier alpha value is -2.10.